The molecule has 0 aliphatic carbocycles. The highest BCUT2D eigenvalue weighted by Crippen LogP contribution is 2.11. The third-order valence-electron chi connectivity index (χ3n) is 5.23. The van der Waals surface area contributed by atoms with Crippen LogP contribution in [0.1, 0.15) is 25.0 Å². The van der Waals surface area contributed by atoms with Gasteiger partial charge >= 0.3 is 0 Å². The van der Waals surface area contributed by atoms with Crippen molar-refractivity contribution in [2.45, 2.75) is 39.0 Å². The lowest BCUT2D eigenvalue weighted by Gasteiger charge is -2.38. The van der Waals surface area contributed by atoms with E-state index in [1.54, 1.807) is 0 Å². The maximum Gasteiger partial charge on any atom is 0.191 e. The number of hydrogen-bond acceptors (Lipinski definition) is 4. The predicted molar refractivity (Wildman–Crippen MR) is 128 cm³/mol. The van der Waals surface area contributed by atoms with E-state index in [-0.39, 0.29) is 24.0 Å². The van der Waals surface area contributed by atoms with Crippen LogP contribution in [0.2, 0.25) is 0 Å². The third-order valence-corrected chi connectivity index (χ3v) is 5.23. The highest BCUT2D eigenvalue weighted by atomic mass is 127. The van der Waals surface area contributed by atoms with Gasteiger partial charge in [0.2, 0.25) is 0 Å². The summed E-state index contributed by atoms with van der Waals surface area (Å²) in [5, 5.41) is 11.2. The van der Waals surface area contributed by atoms with Crippen molar-refractivity contribution in [2.75, 3.05) is 33.4 Å². The van der Waals surface area contributed by atoms with Crippen LogP contribution in [0.5, 0.6) is 0 Å². The van der Waals surface area contributed by atoms with E-state index >= 15 is 0 Å². The van der Waals surface area contributed by atoms with Crippen LogP contribution in [0.3, 0.4) is 0 Å². The first kappa shape index (κ1) is 23.6. The van der Waals surface area contributed by atoms with Gasteiger partial charge < -0.3 is 15.4 Å². The van der Waals surface area contributed by atoms with Crippen LogP contribution in [0.4, 0.5) is 0 Å². The number of guanidine groups is 1. The number of morpholine rings is 1. The van der Waals surface area contributed by atoms with Gasteiger partial charge in [-0.3, -0.25) is 14.6 Å². The molecule has 0 spiro atoms. The second-order valence-electron chi connectivity index (χ2n) is 7.29. The third kappa shape index (κ3) is 6.97. The maximum absolute atomic E-state index is 5.54. The number of rotatable bonds is 7. The van der Waals surface area contributed by atoms with Gasteiger partial charge in [-0.1, -0.05) is 24.3 Å². The van der Waals surface area contributed by atoms with Crippen molar-refractivity contribution in [3.63, 3.8) is 0 Å². The van der Waals surface area contributed by atoms with Gasteiger partial charge in [0.05, 0.1) is 19.8 Å². The van der Waals surface area contributed by atoms with E-state index in [1.165, 1.54) is 11.1 Å². The van der Waals surface area contributed by atoms with Crippen LogP contribution < -0.4 is 10.6 Å². The Morgan fingerprint density at radius 3 is 2.76 bits per heavy atom. The predicted octanol–water partition coefficient (Wildman–Crippen LogP) is 2.32. The fraction of sp³-hybridized carbons (Fsp3) is 0.524. The highest BCUT2D eigenvalue weighted by molar-refractivity contribution is 14.0. The standard InChI is InChI=1S/C21H32N6O.HI/c1-17(27-11-12-28-16-18(27)2)13-23-21(22-3)24-14-19-7-4-5-8-20(19)15-26-10-6-9-25-26;/h4-10,17-18H,11-16H2,1-3H3,(H2,22,23,24);1H. The van der Waals surface area contributed by atoms with Crippen molar-refractivity contribution in [2.24, 2.45) is 4.99 Å². The normalized spacial score (nSPS) is 18.7. The summed E-state index contributed by atoms with van der Waals surface area (Å²) in [6.07, 6.45) is 3.79. The van der Waals surface area contributed by atoms with Crippen molar-refractivity contribution >= 4 is 29.9 Å². The molecule has 3 rings (SSSR count). The van der Waals surface area contributed by atoms with Crippen LogP contribution in [0.25, 0.3) is 0 Å². The van der Waals surface area contributed by atoms with Crippen molar-refractivity contribution in [3.8, 4) is 0 Å². The summed E-state index contributed by atoms with van der Waals surface area (Å²) in [6, 6.07) is 11.3. The summed E-state index contributed by atoms with van der Waals surface area (Å²) < 4.78 is 7.48. The molecule has 1 fully saturated rings. The topological polar surface area (TPSA) is 66.7 Å². The zero-order valence-electron chi connectivity index (χ0n) is 17.5. The summed E-state index contributed by atoms with van der Waals surface area (Å²) in [6.45, 7) is 9.41. The van der Waals surface area contributed by atoms with E-state index in [2.05, 4.69) is 63.7 Å². The minimum absolute atomic E-state index is 0. The molecule has 7 nitrogen and oxygen atoms in total. The largest absolute Gasteiger partial charge is 0.379 e. The molecule has 2 aromatic rings. The molecule has 2 atom stereocenters. The Morgan fingerprint density at radius 2 is 2.07 bits per heavy atom. The van der Waals surface area contributed by atoms with E-state index in [0.29, 0.717) is 12.1 Å². The molecule has 2 N–H and O–H groups in total. The summed E-state index contributed by atoms with van der Waals surface area (Å²) in [5.41, 5.74) is 2.50. The Bertz CT molecular complexity index is 751. The first-order valence-corrected chi connectivity index (χ1v) is 9.99. The summed E-state index contributed by atoms with van der Waals surface area (Å²) in [7, 11) is 1.81. The van der Waals surface area contributed by atoms with Crippen LogP contribution in [0.15, 0.2) is 47.7 Å². The Kier molecular flexibility index (Phi) is 9.89. The molecule has 0 radical (unpaired) electrons. The summed E-state index contributed by atoms with van der Waals surface area (Å²) >= 11 is 0. The molecule has 0 bridgehead atoms. The smallest absolute Gasteiger partial charge is 0.191 e. The Labute approximate surface area is 190 Å². The number of halogens is 1. The first-order chi connectivity index (χ1) is 13.7. The minimum atomic E-state index is 0. The van der Waals surface area contributed by atoms with Gasteiger partial charge in [0.15, 0.2) is 5.96 Å². The van der Waals surface area contributed by atoms with E-state index in [9.17, 15) is 0 Å². The molecule has 2 unspecified atom stereocenters. The number of ether oxygens (including phenoxy) is 1. The average Bonchev–Trinajstić information content (AvgIpc) is 3.22. The van der Waals surface area contributed by atoms with Gasteiger partial charge in [0.25, 0.3) is 0 Å². The Balaban J connectivity index is 0.00000300. The van der Waals surface area contributed by atoms with Crippen LogP contribution >= 0.6 is 24.0 Å². The lowest BCUT2D eigenvalue weighted by molar-refractivity contribution is -0.0174. The van der Waals surface area contributed by atoms with Crippen molar-refractivity contribution in [1.82, 2.24) is 25.3 Å². The second-order valence-corrected chi connectivity index (χ2v) is 7.29. The first-order valence-electron chi connectivity index (χ1n) is 9.99. The molecule has 1 aliphatic heterocycles. The molecular formula is C21H33IN6O. The van der Waals surface area contributed by atoms with Crippen molar-refractivity contribution in [1.29, 1.82) is 0 Å². The number of nitrogens with one attached hydrogen (secondary N) is 2. The fourth-order valence-corrected chi connectivity index (χ4v) is 3.61. The number of aliphatic imine (C=N–C) groups is 1. The monoisotopic (exact) mass is 512 g/mol. The molecule has 2 heterocycles. The molecule has 160 valence electrons. The van der Waals surface area contributed by atoms with Gasteiger partial charge in [-0.15, -0.1) is 24.0 Å². The van der Waals surface area contributed by atoms with Crippen molar-refractivity contribution in [3.05, 3.63) is 53.9 Å². The number of nitrogens with zero attached hydrogens (tertiary/aromatic N) is 4. The number of hydrogen-bond donors (Lipinski definition) is 2. The van der Waals surface area contributed by atoms with Crippen LogP contribution in [0, 0.1) is 0 Å². The number of aromatic nitrogens is 2. The molecule has 0 saturated carbocycles. The summed E-state index contributed by atoms with van der Waals surface area (Å²) in [4.78, 5) is 6.87. The van der Waals surface area contributed by atoms with Gasteiger partial charge in [-0.05, 0) is 31.0 Å². The van der Waals surface area contributed by atoms with Crippen LogP contribution in [-0.4, -0.2) is 66.1 Å². The van der Waals surface area contributed by atoms with Gasteiger partial charge in [-0.25, -0.2) is 0 Å². The zero-order valence-corrected chi connectivity index (χ0v) is 19.9. The van der Waals surface area contributed by atoms with E-state index in [0.717, 1.165) is 45.4 Å². The average molecular weight is 512 g/mol. The molecule has 0 amide bonds. The van der Waals surface area contributed by atoms with Gasteiger partial charge in [0.1, 0.15) is 0 Å². The molecule has 1 aromatic heterocycles. The van der Waals surface area contributed by atoms with Gasteiger partial charge in [0, 0.05) is 51.2 Å². The highest BCUT2D eigenvalue weighted by Gasteiger charge is 2.23. The molecule has 1 saturated heterocycles. The van der Waals surface area contributed by atoms with E-state index in [4.69, 9.17) is 4.74 Å². The van der Waals surface area contributed by atoms with Crippen LogP contribution in [-0.2, 0) is 17.8 Å². The van der Waals surface area contributed by atoms with E-state index in [1.807, 2.05) is 30.2 Å². The molecule has 1 aliphatic rings. The zero-order chi connectivity index (χ0) is 19.8. The van der Waals surface area contributed by atoms with Gasteiger partial charge in [-0.2, -0.15) is 5.10 Å². The summed E-state index contributed by atoms with van der Waals surface area (Å²) in [5.74, 6) is 0.821. The molecular weight excluding hydrogens is 479 g/mol. The lowest BCUT2D eigenvalue weighted by atomic mass is 10.1. The van der Waals surface area contributed by atoms with E-state index < -0.39 is 0 Å². The Hall–Kier alpha value is -1.65. The maximum atomic E-state index is 5.54. The van der Waals surface area contributed by atoms with Crippen molar-refractivity contribution < 1.29 is 4.74 Å². The quantitative estimate of drug-likeness (QED) is 0.339. The fourth-order valence-electron chi connectivity index (χ4n) is 3.61. The molecule has 29 heavy (non-hydrogen) atoms. The molecule has 8 heteroatoms. The Morgan fingerprint density at radius 1 is 1.28 bits per heavy atom. The molecule has 1 aromatic carbocycles. The SMILES string of the molecule is CN=C(NCc1ccccc1Cn1cccn1)NCC(C)N1CCOCC1C.I. The second kappa shape index (κ2) is 12.1. The minimum Gasteiger partial charge on any atom is -0.379 e. The number of benzene rings is 1. The lowest BCUT2D eigenvalue weighted by Crippen LogP contribution is -2.53.